The van der Waals surface area contributed by atoms with Gasteiger partial charge in [-0.25, -0.2) is 0 Å². The van der Waals surface area contributed by atoms with E-state index in [1.165, 1.54) is 19.3 Å². The summed E-state index contributed by atoms with van der Waals surface area (Å²) in [6, 6.07) is 0. The third kappa shape index (κ3) is 0.611. The van der Waals surface area contributed by atoms with Crippen molar-refractivity contribution in [2.75, 3.05) is 13.2 Å². The van der Waals surface area contributed by atoms with Crippen LogP contribution in [0.25, 0.3) is 0 Å². The number of rotatable bonds is 2. The lowest BCUT2D eigenvalue weighted by Crippen LogP contribution is -2.40. The minimum Gasteiger partial charge on any atom is -0.396 e. The van der Waals surface area contributed by atoms with Crippen molar-refractivity contribution in [3.63, 3.8) is 0 Å². The fraction of sp³-hybridized carbons (Fsp3) is 1.00. The summed E-state index contributed by atoms with van der Waals surface area (Å²) >= 11 is 0. The highest BCUT2D eigenvalue weighted by molar-refractivity contribution is 5.06. The largest absolute Gasteiger partial charge is 0.396 e. The number of hydrogen-bond donors (Lipinski definition) is 2. The Morgan fingerprint density at radius 3 is 2.60 bits per heavy atom. The molecule has 3 N–H and O–H groups in total. The molecule has 0 aromatic heterocycles. The summed E-state index contributed by atoms with van der Waals surface area (Å²) in [5.41, 5.74) is 6.04. The van der Waals surface area contributed by atoms with Gasteiger partial charge in [-0.2, -0.15) is 0 Å². The van der Waals surface area contributed by atoms with Crippen molar-refractivity contribution in [3.8, 4) is 0 Å². The molecule has 3 saturated carbocycles. The van der Waals surface area contributed by atoms with Gasteiger partial charge in [-0.3, -0.25) is 0 Å². The zero-order valence-corrected chi connectivity index (χ0v) is 6.21. The summed E-state index contributed by atoms with van der Waals surface area (Å²) in [5, 5.41) is 9.00. The van der Waals surface area contributed by atoms with Gasteiger partial charge in [0.05, 0.1) is 0 Å². The van der Waals surface area contributed by atoms with Gasteiger partial charge in [0.15, 0.2) is 0 Å². The van der Waals surface area contributed by atoms with Gasteiger partial charge in [0, 0.05) is 6.61 Å². The van der Waals surface area contributed by atoms with Crippen LogP contribution in [-0.2, 0) is 0 Å². The smallest absolute Gasteiger partial charge is 0.0465 e. The van der Waals surface area contributed by atoms with E-state index in [1.54, 1.807) is 0 Å². The van der Waals surface area contributed by atoms with Crippen molar-refractivity contribution in [2.24, 2.45) is 23.0 Å². The van der Waals surface area contributed by atoms with Gasteiger partial charge in [0.2, 0.25) is 0 Å². The van der Waals surface area contributed by atoms with E-state index in [0.717, 1.165) is 12.5 Å². The zero-order valence-electron chi connectivity index (χ0n) is 6.21. The Hall–Kier alpha value is -0.0800. The molecular formula is C8H15NO. The quantitative estimate of drug-likeness (QED) is 0.583. The second-order valence-corrected chi connectivity index (χ2v) is 3.96. The molecule has 0 radical (unpaired) electrons. The average molecular weight is 141 g/mol. The first-order valence-corrected chi connectivity index (χ1v) is 4.12. The molecule has 0 aliphatic heterocycles. The summed E-state index contributed by atoms with van der Waals surface area (Å²) in [4.78, 5) is 0. The van der Waals surface area contributed by atoms with E-state index in [4.69, 9.17) is 10.8 Å². The second-order valence-electron chi connectivity index (χ2n) is 3.96. The molecule has 58 valence electrons. The Morgan fingerprint density at radius 1 is 1.50 bits per heavy atom. The molecule has 0 amide bonds. The number of fused-ring (bicyclic) bond motifs is 1. The maximum atomic E-state index is 9.00. The molecule has 3 aliphatic carbocycles. The molecule has 3 aliphatic rings. The minimum absolute atomic E-state index is 0.355. The van der Waals surface area contributed by atoms with Crippen molar-refractivity contribution in [1.82, 2.24) is 0 Å². The summed E-state index contributed by atoms with van der Waals surface area (Å²) in [6.07, 6.45) is 3.80. The maximum absolute atomic E-state index is 9.00. The van der Waals surface area contributed by atoms with Crippen LogP contribution in [0.1, 0.15) is 19.3 Å². The number of aliphatic hydroxyl groups is 1. The van der Waals surface area contributed by atoms with Gasteiger partial charge in [-0.1, -0.05) is 0 Å². The van der Waals surface area contributed by atoms with Crippen molar-refractivity contribution in [1.29, 1.82) is 0 Å². The van der Waals surface area contributed by atoms with Gasteiger partial charge in [-0.05, 0) is 43.1 Å². The van der Waals surface area contributed by atoms with Crippen LogP contribution in [0.2, 0.25) is 0 Å². The molecule has 0 saturated heterocycles. The normalized spacial score (nSPS) is 51.0. The van der Waals surface area contributed by atoms with E-state index in [9.17, 15) is 0 Å². The van der Waals surface area contributed by atoms with E-state index < -0.39 is 0 Å². The Kier molecular flexibility index (Phi) is 1.29. The van der Waals surface area contributed by atoms with Crippen molar-refractivity contribution < 1.29 is 5.11 Å². The standard InChI is InChI=1S/C8H15NO/c9-5-8-2-6(3-8)1-7(8)4-10/h6-7,10H,1-5,9H2. The van der Waals surface area contributed by atoms with Crippen LogP contribution in [0.15, 0.2) is 0 Å². The molecular weight excluding hydrogens is 126 g/mol. The lowest BCUT2D eigenvalue weighted by Gasteiger charge is -2.40. The SMILES string of the molecule is NCC12CC(CC1CO)C2. The van der Waals surface area contributed by atoms with Gasteiger partial charge in [0.25, 0.3) is 0 Å². The van der Waals surface area contributed by atoms with E-state index in [0.29, 0.717) is 17.9 Å². The Bertz CT molecular complexity index is 137. The molecule has 0 spiro atoms. The van der Waals surface area contributed by atoms with E-state index >= 15 is 0 Å². The zero-order chi connectivity index (χ0) is 7.19. The third-order valence-electron chi connectivity index (χ3n) is 3.50. The monoisotopic (exact) mass is 141 g/mol. The second kappa shape index (κ2) is 1.95. The van der Waals surface area contributed by atoms with Crippen LogP contribution in [0.5, 0.6) is 0 Å². The molecule has 1 atom stereocenters. The molecule has 3 fully saturated rings. The predicted octanol–water partition coefficient (Wildman–Crippen LogP) is 0.354. The summed E-state index contributed by atoms with van der Waals surface area (Å²) in [6.45, 7) is 1.14. The van der Waals surface area contributed by atoms with Gasteiger partial charge in [0.1, 0.15) is 0 Å². The Balaban J connectivity index is 2.10. The van der Waals surface area contributed by atoms with Crippen LogP contribution in [0.3, 0.4) is 0 Å². The van der Waals surface area contributed by atoms with E-state index in [2.05, 4.69) is 0 Å². The van der Waals surface area contributed by atoms with Gasteiger partial charge < -0.3 is 10.8 Å². The van der Waals surface area contributed by atoms with Crippen LogP contribution in [0, 0.1) is 17.3 Å². The summed E-state index contributed by atoms with van der Waals surface area (Å²) in [5.74, 6) is 1.43. The van der Waals surface area contributed by atoms with E-state index in [-0.39, 0.29) is 0 Å². The Labute approximate surface area is 61.4 Å². The molecule has 0 aromatic rings. The molecule has 10 heavy (non-hydrogen) atoms. The Morgan fingerprint density at radius 2 is 2.20 bits per heavy atom. The van der Waals surface area contributed by atoms with Crippen LogP contribution in [-0.4, -0.2) is 18.3 Å². The maximum Gasteiger partial charge on any atom is 0.0465 e. The summed E-state index contributed by atoms with van der Waals surface area (Å²) < 4.78 is 0. The minimum atomic E-state index is 0.355. The van der Waals surface area contributed by atoms with Crippen LogP contribution < -0.4 is 5.73 Å². The predicted molar refractivity (Wildman–Crippen MR) is 39.4 cm³/mol. The third-order valence-corrected chi connectivity index (χ3v) is 3.50. The lowest BCUT2D eigenvalue weighted by atomic mass is 9.67. The highest BCUT2D eigenvalue weighted by Crippen LogP contribution is 2.61. The first-order valence-electron chi connectivity index (χ1n) is 4.12. The first kappa shape index (κ1) is 6.62. The summed E-state index contributed by atoms with van der Waals surface area (Å²) in [7, 11) is 0. The van der Waals surface area contributed by atoms with Crippen LogP contribution >= 0.6 is 0 Å². The highest BCUT2D eigenvalue weighted by Gasteiger charge is 2.55. The van der Waals surface area contributed by atoms with Crippen molar-refractivity contribution >= 4 is 0 Å². The lowest BCUT2D eigenvalue weighted by molar-refractivity contribution is 0.0810. The fourth-order valence-electron chi connectivity index (χ4n) is 2.84. The topological polar surface area (TPSA) is 46.2 Å². The van der Waals surface area contributed by atoms with Gasteiger partial charge in [-0.15, -0.1) is 0 Å². The molecule has 3 rings (SSSR count). The molecule has 0 heterocycles. The average Bonchev–Trinajstić information content (AvgIpc) is 2.37. The number of nitrogens with two attached hydrogens (primary N) is 1. The van der Waals surface area contributed by atoms with Gasteiger partial charge >= 0.3 is 0 Å². The van der Waals surface area contributed by atoms with Crippen molar-refractivity contribution in [2.45, 2.75) is 19.3 Å². The van der Waals surface area contributed by atoms with E-state index in [1.807, 2.05) is 0 Å². The fourth-order valence-corrected chi connectivity index (χ4v) is 2.84. The molecule has 1 unspecified atom stereocenters. The molecule has 2 heteroatoms. The molecule has 0 aromatic carbocycles. The van der Waals surface area contributed by atoms with Crippen LogP contribution in [0.4, 0.5) is 0 Å². The number of aliphatic hydroxyl groups excluding tert-OH is 1. The number of hydrogen-bond acceptors (Lipinski definition) is 2. The van der Waals surface area contributed by atoms with Crippen molar-refractivity contribution in [3.05, 3.63) is 0 Å². The molecule has 2 nitrogen and oxygen atoms in total. The first-order chi connectivity index (χ1) is 4.80. The highest BCUT2D eigenvalue weighted by atomic mass is 16.3. The molecule has 2 bridgehead atoms.